The molecule has 174 valence electrons. The number of likely N-dealkylation sites (tertiary alicyclic amines) is 1. The van der Waals surface area contributed by atoms with Gasteiger partial charge in [0.05, 0.1) is 18.2 Å². The van der Waals surface area contributed by atoms with E-state index in [4.69, 9.17) is 0 Å². The average Bonchev–Trinajstić information content (AvgIpc) is 3.23. The second-order valence-electron chi connectivity index (χ2n) is 9.96. The zero-order chi connectivity index (χ0) is 21.1. The van der Waals surface area contributed by atoms with Gasteiger partial charge in [0.1, 0.15) is 0 Å². The monoisotopic (exact) mass is 434 g/mol. The third-order valence-corrected chi connectivity index (χ3v) is 8.08. The van der Waals surface area contributed by atoms with Crippen LogP contribution in [-0.2, 0) is 0 Å². The Morgan fingerprint density at radius 1 is 0.867 bits per heavy atom. The normalized spacial score (nSPS) is 40.0. The van der Waals surface area contributed by atoms with Crippen molar-refractivity contribution in [2.45, 2.75) is 101 Å². The summed E-state index contributed by atoms with van der Waals surface area (Å²) in [5.74, 6) is -0.254. The Hall–Kier alpha value is -0.440. The summed E-state index contributed by atoms with van der Waals surface area (Å²) in [6.07, 6.45) is 4.11. The molecular weight excluding hydrogens is 396 g/mol. The highest BCUT2D eigenvalue weighted by Crippen LogP contribution is 2.43. The first kappa shape index (κ1) is 22.7. The van der Waals surface area contributed by atoms with E-state index in [0.717, 1.165) is 25.9 Å². The molecule has 4 unspecified atom stereocenters. The van der Waals surface area contributed by atoms with Gasteiger partial charge in [-0.2, -0.15) is 13.2 Å². The molecular formula is C22H38F4N4. The number of rotatable bonds is 5. The largest absolute Gasteiger partial charge is 0.391 e. The van der Waals surface area contributed by atoms with Crippen molar-refractivity contribution in [2.24, 2.45) is 17.8 Å². The van der Waals surface area contributed by atoms with Gasteiger partial charge in [0.25, 0.3) is 0 Å². The van der Waals surface area contributed by atoms with Crippen molar-refractivity contribution < 1.29 is 17.6 Å². The van der Waals surface area contributed by atoms with Crippen molar-refractivity contribution in [1.29, 1.82) is 0 Å². The fourth-order valence-corrected chi connectivity index (χ4v) is 6.35. The standard InChI is InChI=1S/C22H38F4N4/c23-19-20(27-13-15-5-2-1-3-6-15)28-14-29-21(19)30-12-4-7-18(30)16-8-10-17(11-9-16)22(24,25)26/h15-21,27-29H,1-14H2. The van der Waals surface area contributed by atoms with Gasteiger partial charge in [0.2, 0.25) is 0 Å². The highest BCUT2D eigenvalue weighted by molar-refractivity contribution is 4.97. The van der Waals surface area contributed by atoms with Crippen LogP contribution in [0.1, 0.15) is 70.6 Å². The van der Waals surface area contributed by atoms with Crippen molar-refractivity contribution in [3.8, 4) is 0 Å². The van der Waals surface area contributed by atoms with Crippen LogP contribution >= 0.6 is 0 Å². The van der Waals surface area contributed by atoms with Crippen molar-refractivity contribution >= 4 is 0 Å². The molecule has 2 aliphatic carbocycles. The van der Waals surface area contributed by atoms with E-state index in [9.17, 15) is 13.2 Å². The Morgan fingerprint density at radius 2 is 1.60 bits per heavy atom. The quantitative estimate of drug-likeness (QED) is 0.569. The molecule has 0 aromatic rings. The molecule has 4 atom stereocenters. The summed E-state index contributed by atoms with van der Waals surface area (Å²) in [5.41, 5.74) is 0. The Kier molecular flexibility index (Phi) is 7.59. The highest BCUT2D eigenvalue weighted by Gasteiger charge is 2.46. The summed E-state index contributed by atoms with van der Waals surface area (Å²) in [4.78, 5) is 2.24. The minimum atomic E-state index is -4.07. The van der Waals surface area contributed by atoms with Crippen LogP contribution < -0.4 is 16.0 Å². The van der Waals surface area contributed by atoms with Crippen LogP contribution in [0.15, 0.2) is 0 Å². The van der Waals surface area contributed by atoms with Crippen LogP contribution in [0.2, 0.25) is 0 Å². The zero-order valence-electron chi connectivity index (χ0n) is 17.9. The number of alkyl halides is 4. The predicted octanol–water partition coefficient (Wildman–Crippen LogP) is 4.13. The van der Waals surface area contributed by atoms with Gasteiger partial charge < -0.3 is 0 Å². The van der Waals surface area contributed by atoms with Crippen molar-refractivity contribution in [2.75, 3.05) is 19.8 Å². The lowest BCUT2D eigenvalue weighted by atomic mass is 9.77. The lowest BCUT2D eigenvalue weighted by Crippen LogP contribution is -2.69. The second-order valence-corrected chi connectivity index (χ2v) is 9.96. The molecule has 4 fully saturated rings. The molecule has 0 aromatic heterocycles. The minimum absolute atomic E-state index is 0.201. The van der Waals surface area contributed by atoms with E-state index in [-0.39, 0.29) is 37.1 Å². The molecule has 2 saturated heterocycles. The van der Waals surface area contributed by atoms with Crippen LogP contribution in [0, 0.1) is 17.8 Å². The molecule has 4 aliphatic rings. The van der Waals surface area contributed by atoms with Crippen molar-refractivity contribution in [3.05, 3.63) is 0 Å². The van der Waals surface area contributed by atoms with Crippen LogP contribution in [0.3, 0.4) is 0 Å². The van der Waals surface area contributed by atoms with Crippen LogP contribution in [0.25, 0.3) is 0 Å². The van der Waals surface area contributed by atoms with Crippen LogP contribution in [0.5, 0.6) is 0 Å². The topological polar surface area (TPSA) is 39.3 Å². The zero-order valence-corrected chi connectivity index (χ0v) is 17.9. The first-order chi connectivity index (χ1) is 14.4. The van der Waals surface area contributed by atoms with Gasteiger partial charge in [-0.1, -0.05) is 19.3 Å². The molecule has 4 rings (SSSR count). The van der Waals surface area contributed by atoms with Gasteiger partial charge in [0.15, 0.2) is 6.17 Å². The Labute approximate surface area is 177 Å². The van der Waals surface area contributed by atoms with E-state index in [1.165, 1.54) is 32.1 Å². The maximum absolute atomic E-state index is 15.5. The minimum Gasteiger partial charge on any atom is -0.299 e. The number of nitrogens with zero attached hydrogens (tertiary/aromatic N) is 1. The summed E-state index contributed by atoms with van der Waals surface area (Å²) in [6, 6.07) is 0.201. The SMILES string of the molecule is FC1C(NCC2CCCCC2)NCNC1N1CCCC1C1CCC(C(F)(F)F)CC1. The summed E-state index contributed by atoms with van der Waals surface area (Å²) in [5, 5.41) is 9.96. The molecule has 0 radical (unpaired) electrons. The van der Waals surface area contributed by atoms with Gasteiger partial charge in [-0.25, -0.2) is 4.39 Å². The lowest BCUT2D eigenvalue weighted by molar-refractivity contribution is -0.185. The van der Waals surface area contributed by atoms with Gasteiger partial charge in [-0.3, -0.25) is 20.9 Å². The van der Waals surface area contributed by atoms with Crippen LogP contribution in [0.4, 0.5) is 17.6 Å². The summed E-state index contributed by atoms with van der Waals surface area (Å²) >= 11 is 0. The molecule has 3 N–H and O–H groups in total. The number of nitrogens with one attached hydrogen (secondary N) is 3. The van der Waals surface area contributed by atoms with E-state index in [1.807, 2.05) is 0 Å². The van der Waals surface area contributed by atoms with E-state index >= 15 is 4.39 Å². The molecule has 2 heterocycles. The first-order valence-corrected chi connectivity index (χ1v) is 12.1. The summed E-state index contributed by atoms with van der Waals surface area (Å²) < 4.78 is 54.6. The van der Waals surface area contributed by atoms with Crippen molar-refractivity contribution in [3.63, 3.8) is 0 Å². The Morgan fingerprint density at radius 3 is 2.30 bits per heavy atom. The van der Waals surface area contributed by atoms with E-state index in [1.54, 1.807) is 0 Å². The van der Waals surface area contributed by atoms with Gasteiger partial charge in [0, 0.05) is 19.3 Å². The van der Waals surface area contributed by atoms with Gasteiger partial charge in [-0.05, 0) is 69.7 Å². The Bertz CT molecular complexity index is 532. The lowest BCUT2D eigenvalue weighted by Gasteiger charge is -2.45. The molecule has 0 aromatic carbocycles. The predicted molar refractivity (Wildman–Crippen MR) is 109 cm³/mol. The van der Waals surface area contributed by atoms with Gasteiger partial charge >= 0.3 is 6.18 Å². The molecule has 0 spiro atoms. The van der Waals surface area contributed by atoms with E-state index in [2.05, 4.69) is 20.9 Å². The molecule has 2 aliphatic heterocycles. The number of hydrogen-bond acceptors (Lipinski definition) is 4. The molecule has 30 heavy (non-hydrogen) atoms. The first-order valence-electron chi connectivity index (χ1n) is 12.1. The number of hydrogen-bond donors (Lipinski definition) is 3. The Balaban J connectivity index is 1.31. The molecule has 8 heteroatoms. The third-order valence-electron chi connectivity index (χ3n) is 8.08. The highest BCUT2D eigenvalue weighted by atomic mass is 19.4. The smallest absolute Gasteiger partial charge is 0.299 e. The second kappa shape index (κ2) is 10.0. The van der Waals surface area contributed by atoms with Gasteiger partial charge in [-0.15, -0.1) is 0 Å². The van der Waals surface area contributed by atoms with E-state index in [0.29, 0.717) is 25.4 Å². The summed E-state index contributed by atoms with van der Waals surface area (Å²) in [7, 11) is 0. The fraction of sp³-hybridized carbons (Fsp3) is 1.00. The maximum atomic E-state index is 15.5. The molecule has 2 saturated carbocycles. The fourth-order valence-electron chi connectivity index (χ4n) is 6.35. The average molecular weight is 435 g/mol. The molecule has 4 nitrogen and oxygen atoms in total. The number of halogens is 4. The molecule has 0 bridgehead atoms. The van der Waals surface area contributed by atoms with Crippen LogP contribution in [-0.4, -0.2) is 55.4 Å². The molecule has 0 amide bonds. The summed E-state index contributed by atoms with van der Waals surface area (Å²) in [6.45, 7) is 2.24. The van der Waals surface area contributed by atoms with Crippen molar-refractivity contribution in [1.82, 2.24) is 20.9 Å². The third kappa shape index (κ3) is 5.30. The maximum Gasteiger partial charge on any atom is 0.391 e. The van der Waals surface area contributed by atoms with E-state index < -0.39 is 18.3 Å².